The average Bonchev–Trinajstić information content (AvgIpc) is 2.61. The van der Waals surface area contributed by atoms with Crippen LogP contribution in [0.1, 0.15) is 0 Å². The first kappa shape index (κ1) is 12.3. The van der Waals surface area contributed by atoms with Crippen LogP contribution in [0.4, 0.5) is 0 Å². The fraction of sp³-hybridized carbons (Fsp3) is 1.00. The number of ether oxygens (including phenoxy) is 1. The molecule has 2 saturated heterocycles. The van der Waals surface area contributed by atoms with E-state index in [1.165, 1.54) is 10.6 Å². The third-order valence-electron chi connectivity index (χ3n) is 3.21. The quantitative estimate of drug-likeness (QED) is 0.634. The first-order valence-electron chi connectivity index (χ1n) is 5.43. The minimum atomic E-state index is -3.19. The molecule has 7 heteroatoms. The molecule has 6 nitrogen and oxygen atoms in total. The summed E-state index contributed by atoms with van der Waals surface area (Å²) in [5.74, 6) is 0. The molecule has 2 aliphatic heterocycles. The summed E-state index contributed by atoms with van der Waals surface area (Å²) < 4.78 is 29.3. The molecule has 0 aromatic heterocycles. The van der Waals surface area contributed by atoms with Gasteiger partial charge in [0.15, 0.2) is 0 Å². The van der Waals surface area contributed by atoms with Gasteiger partial charge in [-0.2, -0.15) is 4.31 Å². The summed E-state index contributed by atoms with van der Waals surface area (Å²) in [6, 6.07) is -0.0846. The Morgan fingerprint density at radius 1 is 1.25 bits per heavy atom. The van der Waals surface area contributed by atoms with Crippen molar-refractivity contribution >= 4 is 10.0 Å². The second-order valence-corrected chi connectivity index (χ2v) is 6.35. The van der Waals surface area contributed by atoms with Gasteiger partial charge in [0.2, 0.25) is 10.0 Å². The van der Waals surface area contributed by atoms with E-state index in [9.17, 15) is 13.5 Å². The summed E-state index contributed by atoms with van der Waals surface area (Å²) in [4.78, 5) is 2.11. The zero-order valence-electron chi connectivity index (χ0n) is 9.37. The minimum Gasteiger partial charge on any atom is -0.390 e. The molecule has 0 aromatic carbocycles. The highest BCUT2D eigenvalue weighted by atomic mass is 32.2. The number of hydrogen-bond acceptors (Lipinski definition) is 5. The van der Waals surface area contributed by atoms with Crippen molar-refractivity contribution in [1.29, 1.82) is 0 Å². The van der Waals surface area contributed by atoms with Crippen molar-refractivity contribution in [3.63, 3.8) is 0 Å². The van der Waals surface area contributed by atoms with Gasteiger partial charge < -0.3 is 9.84 Å². The number of hydrogen-bond donors (Lipinski definition) is 1. The maximum Gasteiger partial charge on any atom is 0.211 e. The van der Waals surface area contributed by atoms with E-state index < -0.39 is 16.1 Å². The van der Waals surface area contributed by atoms with Crippen molar-refractivity contribution in [1.82, 2.24) is 9.21 Å². The number of nitrogens with zero attached hydrogens (tertiary/aromatic N) is 2. The Morgan fingerprint density at radius 3 is 2.38 bits per heavy atom. The van der Waals surface area contributed by atoms with Crippen LogP contribution < -0.4 is 0 Å². The molecule has 2 fully saturated rings. The molecule has 94 valence electrons. The van der Waals surface area contributed by atoms with E-state index in [1.807, 2.05) is 0 Å². The number of rotatable bonds is 2. The first-order valence-corrected chi connectivity index (χ1v) is 7.28. The molecule has 0 amide bonds. The molecular weight excluding hydrogens is 232 g/mol. The molecule has 2 rings (SSSR count). The molecular formula is C9H18N2O4S. The van der Waals surface area contributed by atoms with Gasteiger partial charge in [-0.1, -0.05) is 0 Å². The molecule has 2 heterocycles. The van der Waals surface area contributed by atoms with Gasteiger partial charge in [0, 0.05) is 26.2 Å². The van der Waals surface area contributed by atoms with E-state index >= 15 is 0 Å². The summed E-state index contributed by atoms with van der Waals surface area (Å²) >= 11 is 0. The van der Waals surface area contributed by atoms with Gasteiger partial charge in [-0.25, -0.2) is 8.42 Å². The molecule has 0 saturated carbocycles. The Labute approximate surface area is 95.8 Å². The summed E-state index contributed by atoms with van der Waals surface area (Å²) in [5, 5.41) is 9.89. The van der Waals surface area contributed by atoms with Crippen molar-refractivity contribution in [2.75, 3.05) is 45.6 Å². The Balaban J connectivity index is 2.01. The van der Waals surface area contributed by atoms with Crippen molar-refractivity contribution < 1.29 is 18.3 Å². The molecule has 16 heavy (non-hydrogen) atoms. The third-order valence-corrected chi connectivity index (χ3v) is 4.45. The summed E-state index contributed by atoms with van der Waals surface area (Å²) in [5.41, 5.74) is 0. The zero-order valence-corrected chi connectivity index (χ0v) is 10.2. The molecule has 0 radical (unpaired) electrons. The van der Waals surface area contributed by atoms with Crippen LogP contribution >= 0.6 is 0 Å². The smallest absolute Gasteiger partial charge is 0.211 e. The maximum absolute atomic E-state index is 11.4. The van der Waals surface area contributed by atoms with Gasteiger partial charge >= 0.3 is 0 Å². The SMILES string of the molecule is CS(=O)(=O)N1C[C@@H](O)[C@H](N2CCOCC2)C1. The van der Waals surface area contributed by atoms with Crippen molar-refractivity contribution in [3.8, 4) is 0 Å². The monoisotopic (exact) mass is 250 g/mol. The van der Waals surface area contributed by atoms with Crippen molar-refractivity contribution in [2.24, 2.45) is 0 Å². The van der Waals surface area contributed by atoms with Gasteiger partial charge in [-0.3, -0.25) is 4.90 Å². The summed E-state index contributed by atoms with van der Waals surface area (Å²) in [7, 11) is -3.19. The van der Waals surface area contributed by atoms with E-state index in [4.69, 9.17) is 4.74 Å². The fourth-order valence-corrected chi connectivity index (χ4v) is 3.12. The van der Waals surface area contributed by atoms with Crippen LogP contribution in [0.5, 0.6) is 0 Å². The van der Waals surface area contributed by atoms with E-state index in [0.29, 0.717) is 19.8 Å². The molecule has 0 aromatic rings. The molecule has 2 aliphatic rings. The number of aliphatic hydroxyl groups is 1. The van der Waals surface area contributed by atoms with Gasteiger partial charge in [-0.05, 0) is 0 Å². The van der Waals surface area contributed by atoms with Crippen LogP contribution in [0.15, 0.2) is 0 Å². The topological polar surface area (TPSA) is 70.1 Å². The lowest BCUT2D eigenvalue weighted by Gasteiger charge is -2.33. The lowest BCUT2D eigenvalue weighted by Crippen LogP contribution is -2.48. The lowest BCUT2D eigenvalue weighted by molar-refractivity contribution is -0.00602. The van der Waals surface area contributed by atoms with Crippen LogP contribution in [0.25, 0.3) is 0 Å². The number of morpholine rings is 1. The van der Waals surface area contributed by atoms with Gasteiger partial charge in [0.1, 0.15) is 0 Å². The Morgan fingerprint density at radius 2 is 1.88 bits per heavy atom. The summed E-state index contributed by atoms with van der Waals surface area (Å²) in [6.07, 6.45) is 0.592. The number of aliphatic hydroxyl groups excluding tert-OH is 1. The molecule has 2 atom stereocenters. The van der Waals surface area contributed by atoms with E-state index in [-0.39, 0.29) is 12.6 Å². The van der Waals surface area contributed by atoms with E-state index in [2.05, 4.69) is 4.90 Å². The lowest BCUT2D eigenvalue weighted by atomic mass is 10.2. The van der Waals surface area contributed by atoms with E-state index in [0.717, 1.165) is 13.1 Å². The zero-order chi connectivity index (χ0) is 11.8. The van der Waals surface area contributed by atoms with Crippen molar-refractivity contribution in [2.45, 2.75) is 12.1 Å². The van der Waals surface area contributed by atoms with Crippen LogP contribution in [-0.4, -0.2) is 80.5 Å². The van der Waals surface area contributed by atoms with E-state index in [1.54, 1.807) is 0 Å². The fourth-order valence-electron chi connectivity index (χ4n) is 2.27. The second kappa shape index (κ2) is 4.58. The highest BCUT2D eigenvalue weighted by Crippen LogP contribution is 2.19. The minimum absolute atomic E-state index is 0.0846. The van der Waals surface area contributed by atoms with Gasteiger partial charge in [0.25, 0.3) is 0 Å². The van der Waals surface area contributed by atoms with Crippen LogP contribution in [0, 0.1) is 0 Å². The second-order valence-electron chi connectivity index (χ2n) is 4.36. The van der Waals surface area contributed by atoms with Crippen LogP contribution in [0.2, 0.25) is 0 Å². The highest BCUT2D eigenvalue weighted by Gasteiger charge is 2.39. The molecule has 0 aliphatic carbocycles. The number of sulfonamides is 1. The Bertz CT molecular complexity index is 339. The molecule has 1 N–H and O–H groups in total. The van der Waals surface area contributed by atoms with Crippen LogP contribution in [0.3, 0.4) is 0 Å². The number of β-amino-alcohol motifs (C(OH)–C–C–N with tert-alkyl or cyclic N) is 1. The van der Waals surface area contributed by atoms with Gasteiger partial charge in [-0.15, -0.1) is 0 Å². The predicted molar refractivity (Wildman–Crippen MR) is 58.6 cm³/mol. The Kier molecular flexibility index (Phi) is 3.50. The largest absolute Gasteiger partial charge is 0.390 e. The first-order chi connectivity index (χ1) is 7.48. The normalized spacial score (nSPS) is 34.4. The Hall–Kier alpha value is -0.210. The third kappa shape index (κ3) is 2.54. The molecule has 0 unspecified atom stereocenters. The average molecular weight is 250 g/mol. The molecule has 0 bridgehead atoms. The van der Waals surface area contributed by atoms with Gasteiger partial charge in [0.05, 0.1) is 31.6 Å². The highest BCUT2D eigenvalue weighted by molar-refractivity contribution is 7.88. The molecule has 0 spiro atoms. The predicted octanol–water partition coefficient (Wildman–Crippen LogP) is -1.68. The standard InChI is InChI=1S/C9H18N2O4S/c1-16(13,14)11-6-8(9(12)7-11)10-2-4-15-5-3-10/h8-9,12H,2-7H2,1H3/t8-,9-/m1/s1. The van der Waals surface area contributed by atoms with Crippen molar-refractivity contribution in [3.05, 3.63) is 0 Å². The maximum atomic E-state index is 11.4. The summed E-state index contributed by atoms with van der Waals surface area (Å²) in [6.45, 7) is 3.43. The van der Waals surface area contributed by atoms with Crippen LogP contribution in [-0.2, 0) is 14.8 Å².